The topological polar surface area (TPSA) is 75.3 Å². The maximum atomic E-state index is 11.1. The van der Waals surface area contributed by atoms with Gasteiger partial charge < -0.3 is 16.2 Å². The molecule has 1 saturated carbocycles. The number of benzene rings is 1. The Labute approximate surface area is 101 Å². The first kappa shape index (κ1) is 11.8. The van der Waals surface area contributed by atoms with Crippen molar-refractivity contribution >= 4 is 17.3 Å². The summed E-state index contributed by atoms with van der Waals surface area (Å²) in [5, 5.41) is 12.3. The first-order valence-corrected chi connectivity index (χ1v) is 5.94. The standard InChI is InChI=1S/C13H18N2O2/c1-2-13(6-7-13)8-15-11-9(12(16)17)4-3-5-10(11)14/h3-5,15H,2,6-8,14H2,1H3,(H,16,17). The zero-order chi connectivity index (χ0) is 12.5. The highest BCUT2D eigenvalue weighted by Gasteiger charge is 2.40. The molecule has 1 aromatic carbocycles. The number of carbonyl (C=O) groups is 1. The van der Waals surface area contributed by atoms with Gasteiger partial charge in [0, 0.05) is 6.54 Å². The monoisotopic (exact) mass is 234 g/mol. The van der Waals surface area contributed by atoms with Crippen molar-refractivity contribution in [2.45, 2.75) is 26.2 Å². The van der Waals surface area contributed by atoms with Crippen molar-refractivity contribution < 1.29 is 9.90 Å². The second kappa shape index (κ2) is 4.28. The van der Waals surface area contributed by atoms with E-state index in [0.717, 1.165) is 13.0 Å². The molecule has 4 nitrogen and oxygen atoms in total. The van der Waals surface area contributed by atoms with Crippen molar-refractivity contribution in [2.75, 3.05) is 17.6 Å². The SMILES string of the molecule is CCC1(CNc2c(N)cccc2C(=O)O)CC1. The fourth-order valence-corrected chi connectivity index (χ4v) is 2.05. The van der Waals surface area contributed by atoms with E-state index < -0.39 is 5.97 Å². The van der Waals surface area contributed by atoms with Gasteiger partial charge in [0.2, 0.25) is 0 Å². The number of para-hydroxylation sites is 1. The van der Waals surface area contributed by atoms with E-state index in [0.29, 0.717) is 16.8 Å². The average molecular weight is 234 g/mol. The summed E-state index contributed by atoms with van der Waals surface area (Å²) in [7, 11) is 0. The number of nitrogens with one attached hydrogen (secondary N) is 1. The molecule has 1 fully saturated rings. The number of nitrogens with two attached hydrogens (primary N) is 1. The molecule has 0 radical (unpaired) electrons. The number of hydrogen-bond donors (Lipinski definition) is 3. The number of carboxylic acid groups (broad SMARTS) is 1. The lowest BCUT2D eigenvalue weighted by atomic mass is 10.0. The molecule has 0 aromatic heterocycles. The van der Waals surface area contributed by atoms with Crippen molar-refractivity contribution in [3.8, 4) is 0 Å². The van der Waals surface area contributed by atoms with Gasteiger partial charge in [0.05, 0.1) is 16.9 Å². The zero-order valence-electron chi connectivity index (χ0n) is 9.99. The Bertz CT molecular complexity index is 439. The lowest BCUT2D eigenvalue weighted by molar-refractivity contribution is 0.0698. The van der Waals surface area contributed by atoms with Crippen molar-refractivity contribution in [1.29, 1.82) is 0 Å². The Morgan fingerprint density at radius 3 is 2.76 bits per heavy atom. The number of rotatable bonds is 5. The van der Waals surface area contributed by atoms with Crippen molar-refractivity contribution in [3.63, 3.8) is 0 Å². The van der Waals surface area contributed by atoms with Gasteiger partial charge in [-0.15, -0.1) is 0 Å². The van der Waals surface area contributed by atoms with E-state index in [1.54, 1.807) is 18.2 Å². The summed E-state index contributed by atoms with van der Waals surface area (Å²) >= 11 is 0. The molecule has 92 valence electrons. The van der Waals surface area contributed by atoms with Gasteiger partial charge in [-0.25, -0.2) is 4.79 Å². The zero-order valence-corrected chi connectivity index (χ0v) is 9.99. The third-order valence-electron chi connectivity index (χ3n) is 3.67. The van der Waals surface area contributed by atoms with Gasteiger partial charge >= 0.3 is 5.97 Å². The summed E-state index contributed by atoms with van der Waals surface area (Å²) in [4.78, 5) is 11.1. The van der Waals surface area contributed by atoms with Crippen LogP contribution in [0, 0.1) is 5.41 Å². The Kier molecular flexibility index (Phi) is 2.96. The van der Waals surface area contributed by atoms with Crippen LogP contribution in [-0.2, 0) is 0 Å². The van der Waals surface area contributed by atoms with Gasteiger partial charge in [-0.05, 0) is 36.8 Å². The molecule has 0 atom stereocenters. The lowest BCUT2D eigenvalue weighted by Gasteiger charge is -2.17. The van der Waals surface area contributed by atoms with Crippen LogP contribution in [0.1, 0.15) is 36.5 Å². The molecule has 0 spiro atoms. The summed E-state index contributed by atoms with van der Waals surface area (Å²) < 4.78 is 0. The van der Waals surface area contributed by atoms with E-state index in [1.165, 1.54) is 12.8 Å². The van der Waals surface area contributed by atoms with Crippen LogP contribution in [0.3, 0.4) is 0 Å². The Hall–Kier alpha value is -1.71. The highest BCUT2D eigenvalue weighted by molar-refractivity contribution is 5.97. The summed E-state index contributed by atoms with van der Waals surface area (Å²) in [6.45, 7) is 2.97. The molecule has 0 bridgehead atoms. The molecule has 0 amide bonds. The molecule has 0 heterocycles. The maximum absolute atomic E-state index is 11.1. The van der Waals surface area contributed by atoms with Crippen molar-refractivity contribution in [2.24, 2.45) is 5.41 Å². The van der Waals surface area contributed by atoms with E-state index in [2.05, 4.69) is 12.2 Å². The van der Waals surface area contributed by atoms with Crippen LogP contribution < -0.4 is 11.1 Å². The molecular formula is C13H18N2O2. The number of nitrogen functional groups attached to an aromatic ring is 1. The summed E-state index contributed by atoms with van der Waals surface area (Å²) in [5.41, 5.74) is 7.48. The first-order chi connectivity index (χ1) is 8.08. The van der Waals surface area contributed by atoms with Crippen LogP contribution in [-0.4, -0.2) is 17.6 Å². The third-order valence-corrected chi connectivity index (χ3v) is 3.67. The molecule has 17 heavy (non-hydrogen) atoms. The minimum Gasteiger partial charge on any atom is -0.478 e. The second-order valence-corrected chi connectivity index (χ2v) is 4.78. The average Bonchev–Trinajstić information content (AvgIpc) is 3.08. The van der Waals surface area contributed by atoms with Gasteiger partial charge in [-0.1, -0.05) is 13.0 Å². The smallest absolute Gasteiger partial charge is 0.337 e. The van der Waals surface area contributed by atoms with Crippen LogP contribution in [0.4, 0.5) is 11.4 Å². The van der Waals surface area contributed by atoms with E-state index in [1.807, 2.05) is 0 Å². The summed E-state index contributed by atoms with van der Waals surface area (Å²) in [5.74, 6) is -0.943. The molecular weight excluding hydrogens is 216 g/mol. The molecule has 0 aliphatic heterocycles. The quantitative estimate of drug-likeness (QED) is 0.684. The third kappa shape index (κ3) is 2.35. The lowest BCUT2D eigenvalue weighted by Crippen LogP contribution is -2.17. The minimum atomic E-state index is -0.943. The van der Waals surface area contributed by atoms with E-state index in [-0.39, 0.29) is 5.56 Å². The van der Waals surface area contributed by atoms with Crippen LogP contribution in [0.15, 0.2) is 18.2 Å². The number of hydrogen-bond acceptors (Lipinski definition) is 3. The predicted molar refractivity (Wildman–Crippen MR) is 68.3 cm³/mol. The maximum Gasteiger partial charge on any atom is 0.337 e. The number of aromatic carboxylic acids is 1. The predicted octanol–water partition coefficient (Wildman–Crippen LogP) is 2.57. The van der Waals surface area contributed by atoms with Gasteiger partial charge in [0.15, 0.2) is 0 Å². The second-order valence-electron chi connectivity index (χ2n) is 4.78. The molecule has 4 heteroatoms. The fourth-order valence-electron chi connectivity index (χ4n) is 2.05. The van der Waals surface area contributed by atoms with Gasteiger partial charge in [0.1, 0.15) is 0 Å². The van der Waals surface area contributed by atoms with Crippen LogP contribution in [0.2, 0.25) is 0 Å². The van der Waals surface area contributed by atoms with Crippen LogP contribution in [0.5, 0.6) is 0 Å². The van der Waals surface area contributed by atoms with E-state index >= 15 is 0 Å². The molecule has 2 rings (SSSR count). The Morgan fingerprint density at radius 2 is 2.24 bits per heavy atom. The molecule has 0 saturated heterocycles. The van der Waals surface area contributed by atoms with E-state index in [9.17, 15) is 4.79 Å². The Morgan fingerprint density at radius 1 is 1.53 bits per heavy atom. The highest BCUT2D eigenvalue weighted by atomic mass is 16.4. The molecule has 1 aliphatic rings. The molecule has 4 N–H and O–H groups in total. The van der Waals surface area contributed by atoms with Crippen molar-refractivity contribution in [1.82, 2.24) is 0 Å². The summed E-state index contributed by atoms with van der Waals surface area (Å²) in [6.07, 6.45) is 3.55. The molecule has 1 aromatic rings. The summed E-state index contributed by atoms with van der Waals surface area (Å²) in [6, 6.07) is 4.96. The van der Waals surface area contributed by atoms with Crippen molar-refractivity contribution in [3.05, 3.63) is 23.8 Å². The Balaban J connectivity index is 2.17. The minimum absolute atomic E-state index is 0.247. The van der Waals surface area contributed by atoms with Crippen LogP contribution >= 0.6 is 0 Å². The fraction of sp³-hybridized carbons (Fsp3) is 0.462. The van der Waals surface area contributed by atoms with E-state index in [4.69, 9.17) is 10.8 Å². The van der Waals surface area contributed by atoms with Gasteiger partial charge in [0.25, 0.3) is 0 Å². The highest BCUT2D eigenvalue weighted by Crippen LogP contribution is 2.48. The van der Waals surface area contributed by atoms with Crippen LogP contribution in [0.25, 0.3) is 0 Å². The normalized spacial score (nSPS) is 16.5. The van der Waals surface area contributed by atoms with Gasteiger partial charge in [-0.3, -0.25) is 0 Å². The molecule has 0 unspecified atom stereocenters. The molecule has 1 aliphatic carbocycles. The first-order valence-electron chi connectivity index (χ1n) is 5.94. The number of carboxylic acids is 1. The van der Waals surface area contributed by atoms with Gasteiger partial charge in [-0.2, -0.15) is 0 Å². The largest absolute Gasteiger partial charge is 0.478 e. The number of anilines is 2.